The maximum absolute atomic E-state index is 13.1. The van der Waals surface area contributed by atoms with Crippen LogP contribution < -0.4 is 19.7 Å². The molecule has 1 N–H and O–H groups in total. The Morgan fingerprint density at radius 1 is 1.03 bits per heavy atom. The third-order valence-corrected chi connectivity index (χ3v) is 6.51. The summed E-state index contributed by atoms with van der Waals surface area (Å²) >= 11 is 9.52. The second-order valence-electron chi connectivity index (χ2n) is 8.18. The number of nitrogens with one attached hydrogen (secondary N) is 1. The SMILES string of the molecule is COc1cc(/C=C2\C(=O)NC(=O)N(c3cccc(Cl)c3)C2=O)cc(Br)c1OCc1ccc(C)c(C)c1. The van der Waals surface area contributed by atoms with Crippen molar-refractivity contribution in [3.05, 3.63) is 91.9 Å². The molecule has 0 bridgehead atoms. The van der Waals surface area contributed by atoms with Crippen LogP contribution in [-0.4, -0.2) is 25.0 Å². The van der Waals surface area contributed by atoms with Crippen molar-refractivity contribution in [2.75, 3.05) is 12.0 Å². The summed E-state index contributed by atoms with van der Waals surface area (Å²) in [4.78, 5) is 39.0. The zero-order valence-electron chi connectivity index (χ0n) is 19.7. The third-order valence-electron chi connectivity index (χ3n) is 5.69. The number of carbonyl (C=O) groups is 3. The zero-order chi connectivity index (χ0) is 26.0. The summed E-state index contributed by atoms with van der Waals surface area (Å²) in [6.07, 6.45) is 1.39. The molecule has 3 aromatic carbocycles. The number of rotatable bonds is 6. The van der Waals surface area contributed by atoms with E-state index in [-0.39, 0.29) is 11.3 Å². The number of nitrogens with zero attached hydrogens (tertiary/aromatic N) is 1. The Kier molecular flexibility index (Phi) is 7.47. The molecule has 4 amide bonds. The molecular weight excluding hydrogens is 548 g/mol. The van der Waals surface area contributed by atoms with E-state index in [0.29, 0.717) is 33.2 Å². The predicted molar refractivity (Wildman–Crippen MR) is 141 cm³/mol. The molecule has 0 radical (unpaired) electrons. The maximum atomic E-state index is 13.1. The quantitative estimate of drug-likeness (QED) is 0.292. The molecule has 36 heavy (non-hydrogen) atoms. The second-order valence-corrected chi connectivity index (χ2v) is 9.47. The van der Waals surface area contributed by atoms with Crippen LogP contribution in [0.1, 0.15) is 22.3 Å². The van der Waals surface area contributed by atoms with E-state index in [4.69, 9.17) is 21.1 Å². The maximum Gasteiger partial charge on any atom is 0.335 e. The molecule has 0 aliphatic carbocycles. The lowest BCUT2D eigenvalue weighted by atomic mass is 10.1. The Bertz CT molecular complexity index is 1420. The smallest absolute Gasteiger partial charge is 0.335 e. The van der Waals surface area contributed by atoms with Gasteiger partial charge in [0.25, 0.3) is 11.8 Å². The molecule has 1 aliphatic heterocycles. The number of carbonyl (C=O) groups excluding carboxylic acids is 3. The predicted octanol–water partition coefficient (Wildman–Crippen LogP) is 5.97. The van der Waals surface area contributed by atoms with Crippen molar-refractivity contribution in [2.45, 2.75) is 20.5 Å². The normalized spacial score (nSPS) is 14.8. The number of amides is 4. The average molecular weight is 570 g/mol. The molecule has 9 heteroatoms. The number of aryl methyl sites for hydroxylation is 2. The molecule has 3 aromatic rings. The molecule has 7 nitrogen and oxygen atoms in total. The number of methoxy groups -OCH3 is 1. The fourth-order valence-corrected chi connectivity index (χ4v) is 4.44. The average Bonchev–Trinajstić information content (AvgIpc) is 2.83. The van der Waals surface area contributed by atoms with Crippen LogP contribution in [0, 0.1) is 13.8 Å². The van der Waals surface area contributed by atoms with Gasteiger partial charge in [-0.25, -0.2) is 9.69 Å². The summed E-state index contributed by atoms with van der Waals surface area (Å²) in [5.74, 6) is -0.677. The number of hydrogen-bond acceptors (Lipinski definition) is 5. The van der Waals surface area contributed by atoms with Crippen LogP contribution in [0.2, 0.25) is 5.02 Å². The van der Waals surface area contributed by atoms with Gasteiger partial charge >= 0.3 is 6.03 Å². The number of imide groups is 2. The molecule has 0 saturated carbocycles. The van der Waals surface area contributed by atoms with Crippen molar-refractivity contribution in [3.8, 4) is 11.5 Å². The minimum Gasteiger partial charge on any atom is -0.493 e. The van der Waals surface area contributed by atoms with Crippen LogP contribution in [0.5, 0.6) is 11.5 Å². The number of hydrogen-bond donors (Lipinski definition) is 1. The summed E-state index contributed by atoms with van der Waals surface area (Å²) in [5.41, 5.74) is 3.91. The monoisotopic (exact) mass is 568 g/mol. The number of halogens is 2. The lowest BCUT2D eigenvalue weighted by molar-refractivity contribution is -0.122. The van der Waals surface area contributed by atoms with E-state index >= 15 is 0 Å². The van der Waals surface area contributed by atoms with E-state index in [2.05, 4.69) is 27.3 Å². The first-order chi connectivity index (χ1) is 17.2. The van der Waals surface area contributed by atoms with Gasteiger partial charge in [-0.05, 0) is 88.4 Å². The largest absolute Gasteiger partial charge is 0.493 e. The molecule has 184 valence electrons. The van der Waals surface area contributed by atoms with Gasteiger partial charge in [0.2, 0.25) is 0 Å². The van der Waals surface area contributed by atoms with E-state index in [1.54, 1.807) is 30.3 Å². The van der Waals surface area contributed by atoms with Crippen molar-refractivity contribution in [3.63, 3.8) is 0 Å². The first kappa shape index (κ1) is 25.5. The van der Waals surface area contributed by atoms with Crippen LogP contribution in [0.4, 0.5) is 10.5 Å². The zero-order valence-corrected chi connectivity index (χ0v) is 22.1. The number of benzene rings is 3. The van der Waals surface area contributed by atoms with Crippen molar-refractivity contribution in [1.82, 2.24) is 5.32 Å². The fourth-order valence-electron chi connectivity index (χ4n) is 3.69. The molecule has 1 saturated heterocycles. The van der Waals surface area contributed by atoms with Gasteiger partial charge in [0.05, 0.1) is 17.3 Å². The molecule has 1 fully saturated rings. The molecular formula is C27H22BrClN2O5. The van der Waals surface area contributed by atoms with Gasteiger partial charge in [-0.15, -0.1) is 0 Å². The van der Waals surface area contributed by atoms with Gasteiger partial charge in [0, 0.05) is 5.02 Å². The highest BCUT2D eigenvalue weighted by atomic mass is 79.9. The Morgan fingerprint density at radius 3 is 2.50 bits per heavy atom. The van der Waals surface area contributed by atoms with Crippen molar-refractivity contribution >= 4 is 57.1 Å². The number of anilines is 1. The minimum atomic E-state index is -0.849. The van der Waals surface area contributed by atoms with Gasteiger partial charge in [0.1, 0.15) is 12.2 Å². The highest BCUT2D eigenvalue weighted by molar-refractivity contribution is 9.10. The molecule has 0 aromatic heterocycles. The minimum absolute atomic E-state index is 0.215. The Labute approximate surface area is 221 Å². The van der Waals surface area contributed by atoms with Gasteiger partial charge in [0.15, 0.2) is 11.5 Å². The summed E-state index contributed by atoms with van der Waals surface area (Å²) in [6, 6.07) is 14.9. The van der Waals surface area contributed by atoms with Gasteiger partial charge in [-0.2, -0.15) is 0 Å². The summed E-state index contributed by atoms with van der Waals surface area (Å²) in [5, 5.41) is 2.55. The van der Waals surface area contributed by atoms with E-state index in [9.17, 15) is 14.4 Å². The van der Waals surface area contributed by atoms with Crippen molar-refractivity contribution < 1.29 is 23.9 Å². The Balaban J connectivity index is 1.64. The number of urea groups is 1. The molecule has 0 unspecified atom stereocenters. The molecule has 1 aliphatic rings. The number of ether oxygens (including phenoxy) is 2. The van der Waals surface area contributed by atoms with Crippen LogP contribution in [0.15, 0.2) is 64.6 Å². The van der Waals surface area contributed by atoms with Gasteiger partial charge < -0.3 is 9.47 Å². The van der Waals surface area contributed by atoms with Gasteiger partial charge in [-0.3, -0.25) is 14.9 Å². The first-order valence-corrected chi connectivity index (χ1v) is 12.1. The lowest BCUT2D eigenvalue weighted by Gasteiger charge is -2.26. The number of barbiturate groups is 1. The Hall–Kier alpha value is -3.62. The van der Waals surface area contributed by atoms with Crippen molar-refractivity contribution in [2.24, 2.45) is 0 Å². The fraction of sp³-hybridized carbons (Fsp3) is 0.148. The van der Waals surface area contributed by atoms with E-state index in [1.165, 1.54) is 30.4 Å². The molecule has 0 atom stereocenters. The van der Waals surface area contributed by atoms with Crippen molar-refractivity contribution in [1.29, 1.82) is 0 Å². The van der Waals surface area contributed by atoms with Crippen LogP contribution in [0.25, 0.3) is 6.08 Å². The first-order valence-electron chi connectivity index (χ1n) is 10.9. The standard InChI is InChI=1S/C27H22BrClN2O5/c1-15-7-8-17(9-16(15)2)14-36-24-22(28)11-18(12-23(24)35-3)10-21-25(32)30-27(34)31(26(21)33)20-6-4-5-19(29)13-20/h4-13H,14H2,1-3H3,(H,30,32,34)/b21-10+. The van der Waals surface area contributed by atoms with E-state index in [1.807, 2.05) is 26.0 Å². The van der Waals surface area contributed by atoms with E-state index < -0.39 is 17.8 Å². The van der Waals surface area contributed by atoms with Crippen LogP contribution >= 0.6 is 27.5 Å². The van der Waals surface area contributed by atoms with Gasteiger partial charge in [-0.1, -0.05) is 35.9 Å². The highest BCUT2D eigenvalue weighted by Gasteiger charge is 2.37. The van der Waals surface area contributed by atoms with Crippen LogP contribution in [-0.2, 0) is 16.2 Å². The highest BCUT2D eigenvalue weighted by Crippen LogP contribution is 2.38. The van der Waals surface area contributed by atoms with Crippen LogP contribution in [0.3, 0.4) is 0 Å². The van der Waals surface area contributed by atoms with E-state index in [0.717, 1.165) is 10.5 Å². The molecule has 1 heterocycles. The molecule has 0 spiro atoms. The lowest BCUT2D eigenvalue weighted by Crippen LogP contribution is -2.54. The summed E-state index contributed by atoms with van der Waals surface area (Å²) in [6.45, 7) is 4.42. The molecule has 4 rings (SSSR count). The summed E-state index contributed by atoms with van der Waals surface area (Å²) in [7, 11) is 1.50. The second kappa shape index (κ2) is 10.6. The topological polar surface area (TPSA) is 84.9 Å². The Morgan fingerprint density at radius 2 is 1.81 bits per heavy atom. The third kappa shape index (κ3) is 5.29. The summed E-state index contributed by atoms with van der Waals surface area (Å²) < 4.78 is 12.1.